The summed E-state index contributed by atoms with van der Waals surface area (Å²) in [7, 11) is 0. The van der Waals surface area contributed by atoms with Crippen LogP contribution in [0.4, 0.5) is 9.18 Å². The van der Waals surface area contributed by atoms with E-state index in [4.69, 9.17) is 9.47 Å². The Labute approximate surface area is 160 Å². The highest BCUT2D eigenvalue weighted by atomic mass is 19.1. The molecule has 2 atom stereocenters. The topological polar surface area (TPSA) is 88.1 Å². The third-order valence-corrected chi connectivity index (χ3v) is 4.91. The number of halogens is 1. The van der Waals surface area contributed by atoms with Gasteiger partial charge in [0, 0.05) is 12.0 Å². The van der Waals surface area contributed by atoms with Crippen LogP contribution in [0.1, 0.15) is 12.0 Å². The third kappa shape index (κ3) is 3.16. The van der Waals surface area contributed by atoms with Gasteiger partial charge in [-0.15, -0.1) is 0 Å². The first kappa shape index (κ1) is 18.2. The van der Waals surface area contributed by atoms with Crippen molar-refractivity contribution in [2.75, 3.05) is 19.8 Å². The maximum Gasteiger partial charge on any atom is 0.325 e. The Morgan fingerprint density at radius 1 is 1.21 bits per heavy atom. The number of hydrogen-bond donors (Lipinski definition) is 2. The molecule has 146 valence electrons. The van der Waals surface area contributed by atoms with Crippen molar-refractivity contribution in [3.05, 3.63) is 59.9 Å². The number of carbonyl (C=O) groups is 2. The molecule has 0 bridgehead atoms. The number of aliphatic hydroxyl groups is 1. The first-order valence-electron chi connectivity index (χ1n) is 8.92. The number of para-hydroxylation sites is 1. The molecule has 2 aromatic carbocycles. The predicted molar refractivity (Wildman–Crippen MR) is 96.4 cm³/mol. The monoisotopic (exact) mass is 386 g/mol. The average molecular weight is 386 g/mol. The smallest absolute Gasteiger partial charge is 0.325 e. The second-order valence-electron chi connectivity index (χ2n) is 6.76. The summed E-state index contributed by atoms with van der Waals surface area (Å²) in [5.74, 6) is 0.125. The minimum Gasteiger partial charge on any atom is -0.493 e. The highest BCUT2D eigenvalue weighted by Crippen LogP contribution is 2.40. The molecule has 4 rings (SSSR count). The van der Waals surface area contributed by atoms with Crippen LogP contribution < -0.4 is 14.8 Å². The number of carbonyl (C=O) groups excluding carboxylic acids is 2. The summed E-state index contributed by atoms with van der Waals surface area (Å²) >= 11 is 0. The summed E-state index contributed by atoms with van der Waals surface area (Å²) in [5, 5.41) is 13.0. The van der Waals surface area contributed by atoms with Gasteiger partial charge in [0.25, 0.3) is 5.91 Å². The Hall–Kier alpha value is -3.13. The van der Waals surface area contributed by atoms with Gasteiger partial charge in [0.2, 0.25) is 0 Å². The van der Waals surface area contributed by atoms with Crippen molar-refractivity contribution in [2.45, 2.75) is 18.1 Å². The number of urea groups is 1. The minimum atomic E-state index is -1.18. The summed E-state index contributed by atoms with van der Waals surface area (Å²) in [6.45, 7) is -0.0564. The molecular weight excluding hydrogens is 367 g/mol. The fourth-order valence-electron chi connectivity index (χ4n) is 3.52. The van der Waals surface area contributed by atoms with Gasteiger partial charge >= 0.3 is 6.03 Å². The second kappa shape index (κ2) is 7.12. The summed E-state index contributed by atoms with van der Waals surface area (Å²) < 4.78 is 23.9. The van der Waals surface area contributed by atoms with E-state index in [-0.39, 0.29) is 13.2 Å². The molecule has 0 aromatic heterocycles. The van der Waals surface area contributed by atoms with Gasteiger partial charge in [-0.1, -0.05) is 18.2 Å². The van der Waals surface area contributed by atoms with Gasteiger partial charge in [0.05, 0.1) is 13.2 Å². The molecule has 2 unspecified atom stereocenters. The molecule has 2 aliphatic rings. The maximum atomic E-state index is 13.1. The predicted octanol–water partition coefficient (Wildman–Crippen LogP) is 1.80. The first-order valence-corrected chi connectivity index (χ1v) is 8.92. The van der Waals surface area contributed by atoms with E-state index >= 15 is 0 Å². The number of rotatable bonds is 5. The van der Waals surface area contributed by atoms with E-state index in [0.717, 1.165) is 4.90 Å². The number of ether oxygens (including phenoxy) is 2. The van der Waals surface area contributed by atoms with Gasteiger partial charge < -0.3 is 19.9 Å². The fourth-order valence-corrected chi connectivity index (χ4v) is 3.52. The van der Waals surface area contributed by atoms with Crippen molar-refractivity contribution in [1.82, 2.24) is 10.2 Å². The fraction of sp³-hybridized carbons (Fsp3) is 0.300. The van der Waals surface area contributed by atoms with Crippen LogP contribution in [0.3, 0.4) is 0 Å². The Morgan fingerprint density at radius 3 is 2.75 bits per heavy atom. The van der Waals surface area contributed by atoms with E-state index in [1.165, 1.54) is 24.3 Å². The molecule has 0 aliphatic carbocycles. The van der Waals surface area contributed by atoms with E-state index in [1.807, 2.05) is 0 Å². The van der Waals surface area contributed by atoms with Crippen molar-refractivity contribution < 1.29 is 28.6 Å². The molecule has 7 nitrogen and oxygen atoms in total. The first-order chi connectivity index (χ1) is 13.5. The molecule has 1 saturated heterocycles. The molecule has 2 aliphatic heterocycles. The molecule has 1 spiro atoms. The zero-order valence-electron chi connectivity index (χ0n) is 14.9. The molecule has 2 aromatic rings. The summed E-state index contributed by atoms with van der Waals surface area (Å²) in [4.78, 5) is 26.6. The number of fused-ring (bicyclic) bond motifs is 2. The highest BCUT2D eigenvalue weighted by Gasteiger charge is 2.55. The zero-order valence-corrected chi connectivity index (χ0v) is 14.9. The van der Waals surface area contributed by atoms with Crippen molar-refractivity contribution >= 4 is 11.9 Å². The van der Waals surface area contributed by atoms with Gasteiger partial charge in [-0.2, -0.15) is 0 Å². The quantitative estimate of drug-likeness (QED) is 0.765. The van der Waals surface area contributed by atoms with E-state index in [1.54, 1.807) is 24.3 Å². The average Bonchev–Trinajstić information content (AvgIpc) is 2.93. The lowest BCUT2D eigenvalue weighted by Gasteiger charge is -2.33. The van der Waals surface area contributed by atoms with E-state index < -0.39 is 29.4 Å². The van der Waals surface area contributed by atoms with Gasteiger partial charge in [0.1, 0.15) is 30.0 Å². The SMILES string of the molecule is O=C1NC2(CCOc3ccccc32)C(=O)N1CC(O)COc1ccc(F)cc1. The van der Waals surface area contributed by atoms with Crippen LogP contribution in [0.2, 0.25) is 0 Å². The lowest BCUT2D eigenvalue weighted by molar-refractivity contribution is -0.133. The standard InChI is InChI=1S/C20H19FN2O5/c21-13-5-7-15(8-6-13)28-12-14(24)11-23-18(25)20(22-19(23)26)9-10-27-17-4-2-1-3-16(17)20/h1-8,14,24H,9-12H2,(H,22,26). The number of hydrogen-bond acceptors (Lipinski definition) is 5. The van der Waals surface area contributed by atoms with E-state index in [0.29, 0.717) is 30.1 Å². The zero-order chi connectivity index (χ0) is 19.7. The number of imide groups is 1. The van der Waals surface area contributed by atoms with E-state index in [9.17, 15) is 19.1 Å². The number of aliphatic hydroxyl groups excluding tert-OH is 1. The molecule has 2 heterocycles. The van der Waals surface area contributed by atoms with Crippen LogP contribution in [0.5, 0.6) is 11.5 Å². The van der Waals surface area contributed by atoms with Gasteiger partial charge in [-0.25, -0.2) is 9.18 Å². The minimum absolute atomic E-state index is 0.143. The van der Waals surface area contributed by atoms with E-state index in [2.05, 4.69) is 5.32 Å². The van der Waals surface area contributed by atoms with Crippen molar-refractivity contribution in [1.29, 1.82) is 0 Å². The number of nitrogens with zero attached hydrogens (tertiary/aromatic N) is 1. The molecule has 0 radical (unpaired) electrons. The lowest BCUT2D eigenvalue weighted by atomic mass is 9.84. The number of benzene rings is 2. The second-order valence-corrected chi connectivity index (χ2v) is 6.76. The molecule has 2 N–H and O–H groups in total. The van der Waals surface area contributed by atoms with Crippen molar-refractivity contribution in [2.24, 2.45) is 0 Å². The lowest BCUT2D eigenvalue weighted by Crippen LogP contribution is -2.48. The number of amides is 3. The molecule has 1 fully saturated rings. The third-order valence-electron chi connectivity index (χ3n) is 4.91. The van der Waals surface area contributed by atoms with Crippen LogP contribution in [0.25, 0.3) is 0 Å². The normalized spacial score (nSPS) is 21.9. The van der Waals surface area contributed by atoms with Gasteiger partial charge in [-0.05, 0) is 30.3 Å². The summed E-state index contributed by atoms with van der Waals surface area (Å²) in [5.41, 5.74) is -0.567. The molecular formula is C20H19FN2O5. The Morgan fingerprint density at radius 2 is 1.96 bits per heavy atom. The van der Waals surface area contributed by atoms with Crippen LogP contribution in [-0.4, -0.2) is 47.8 Å². The number of nitrogens with one attached hydrogen (secondary N) is 1. The number of β-amino-alcohol motifs (C(OH)–C–C–N with tert-alkyl or cyclic N) is 1. The largest absolute Gasteiger partial charge is 0.493 e. The van der Waals surface area contributed by atoms with Crippen molar-refractivity contribution in [3.8, 4) is 11.5 Å². The Balaban J connectivity index is 1.45. The molecule has 8 heteroatoms. The van der Waals surface area contributed by atoms with Crippen LogP contribution in [-0.2, 0) is 10.3 Å². The maximum absolute atomic E-state index is 13.1. The van der Waals surface area contributed by atoms with Crippen LogP contribution in [0, 0.1) is 5.82 Å². The molecule has 28 heavy (non-hydrogen) atoms. The molecule has 0 saturated carbocycles. The Kier molecular flexibility index (Phi) is 4.64. The van der Waals surface area contributed by atoms with Crippen LogP contribution in [0.15, 0.2) is 48.5 Å². The summed E-state index contributed by atoms with van der Waals surface area (Å²) in [6, 6.07) is 11.9. The van der Waals surface area contributed by atoms with Crippen LogP contribution >= 0.6 is 0 Å². The van der Waals surface area contributed by atoms with Gasteiger partial charge in [0.15, 0.2) is 5.54 Å². The Bertz CT molecular complexity index is 904. The highest BCUT2D eigenvalue weighted by molar-refractivity contribution is 6.08. The summed E-state index contributed by atoms with van der Waals surface area (Å²) in [6.07, 6.45) is -0.780. The van der Waals surface area contributed by atoms with Crippen molar-refractivity contribution in [3.63, 3.8) is 0 Å². The van der Waals surface area contributed by atoms with Gasteiger partial charge in [-0.3, -0.25) is 9.69 Å². The molecule has 3 amide bonds.